The highest BCUT2D eigenvalue weighted by Gasteiger charge is 2.26. The summed E-state index contributed by atoms with van der Waals surface area (Å²) in [6, 6.07) is 7.01. The van der Waals surface area contributed by atoms with E-state index in [1.807, 2.05) is 21.9 Å². The Bertz CT molecular complexity index is 567. The van der Waals surface area contributed by atoms with Crippen LogP contribution in [0.25, 0.3) is 0 Å². The van der Waals surface area contributed by atoms with Gasteiger partial charge in [0.2, 0.25) is 0 Å². The third-order valence-corrected chi connectivity index (χ3v) is 5.47. The lowest BCUT2D eigenvalue weighted by Crippen LogP contribution is -2.54. The van der Waals surface area contributed by atoms with E-state index in [1.165, 1.54) is 17.7 Å². The number of benzene rings is 1. The summed E-state index contributed by atoms with van der Waals surface area (Å²) in [6.07, 6.45) is 2.22. The first-order valence-corrected chi connectivity index (χ1v) is 9.73. The summed E-state index contributed by atoms with van der Waals surface area (Å²) in [5.41, 5.74) is 1.20. The normalized spacial score (nSPS) is 20.2. The Hall–Kier alpha value is -1.66. The first-order chi connectivity index (χ1) is 12.6. The van der Waals surface area contributed by atoms with Gasteiger partial charge in [0.15, 0.2) is 0 Å². The van der Waals surface area contributed by atoms with Gasteiger partial charge in [-0.05, 0) is 43.0 Å². The van der Waals surface area contributed by atoms with E-state index >= 15 is 0 Å². The van der Waals surface area contributed by atoms with Crippen LogP contribution >= 0.6 is 0 Å². The van der Waals surface area contributed by atoms with Crippen LogP contribution in [0.4, 0.5) is 9.18 Å². The molecule has 3 rings (SSSR count). The molecule has 0 bridgehead atoms. The molecule has 144 valence electrons. The largest absolute Gasteiger partial charge is 0.378 e. The zero-order chi connectivity index (χ0) is 18.4. The Balaban J connectivity index is 1.35. The van der Waals surface area contributed by atoms with Crippen LogP contribution < -0.4 is 0 Å². The number of carbonyl (C=O) groups is 1. The number of hydrogen-bond donors (Lipinski definition) is 0. The van der Waals surface area contributed by atoms with Gasteiger partial charge in [0, 0.05) is 39.3 Å². The third kappa shape index (κ3) is 5.17. The highest BCUT2D eigenvalue weighted by atomic mass is 19.1. The van der Waals surface area contributed by atoms with E-state index in [-0.39, 0.29) is 11.8 Å². The average Bonchev–Trinajstić information content (AvgIpc) is 2.69. The molecule has 0 N–H and O–H groups in total. The summed E-state index contributed by atoms with van der Waals surface area (Å²) in [6.45, 7) is 9.49. The van der Waals surface area contributed by atoms with Crippen LogP contribution in [0.5, 0.6) is 0 Å². The number of halogens is 1. The van der Waals surface area contributed by atoms with E-state index in [0.29, 0.717) is 32.2 Å². The van der Waals surface area contributed by atoms with Gasteiger partial charge in [0.25, 0.3) is 0 Å². The highest BCUT2D eigenvalue weighted by molar-refractivity contribution is 5.74. The van der Waals surface area contributed by atoms with Gasteiger partial charge < -0.3 is 14.5 Å². The molecule has 2 fully saturated rings. The van der Waals surface area contributed by atoms with Crippen LogP contribution in [0.3, 0.4) is 0 Å². The molecule has 1 aromatic carbocycles. The van der Waals surface area contributed by atoms with Crippen LogP contribution in [-0.4, -0.2) is 79.8 Å². The maximum absolute atomic E-state index is 13.0. The summed E-state index contributed by atoms with van der Waals surface area (Å²) in [7, 11) is 0. The van der Waals surface area contributed by atoms with Crippen LogP contribution in [-0.2, 0) is 4.74 Å². The van der Waals surface area contributed by atoms with E-state index in [2.05, 4.69) is 11.8 Å². The van der Waals surface area contributed by atoms with E-state index in [0.717, 1.165) is 45.6 Å². The molecule has 0 aliphatic carbocycles. The van der Waals surface area contributed by atoms with Crippen molar-refractivity contribution in [3.63, 3.8) is 0 Å². The van der Waals surface area contributed by atoms with Crippen molar-refractivity contribution in [3.8, 4) is 0 Å². The molecule has 1 aromatic rings. The van der Waals surface area contributed by atoms with Gasteiger partial charge in [-0.2, -0.15) is 0 Å². The van der Waals surface area contributed by atoms with Crippen molar-refractivity contribution in [2.45, 2.75) is 25.7 Å². The van der Waals surface area contributed by atoms with Crippen molar-refractivity contribution >= 4 is 6.03 Å². The zero-order valence-electron chi connectivity index (χ0n) is 15.7. The van der Waals surface area contributed by atoms with Gasteiger partial charge in [-0.3, -0.25) is 4.90 Å². The monoisotopic (exact) mass is 363 g/mol. The van der Waals surface area contributed by atoms with Gasteiger partial charge in [-0.15, -0.1) is 0 Å². The van der Waals surface area contributed by atoms with Crippen molar-refractivity contribution in [3.05, 3.63) is 35.6 Å². The van der Waals surface area contributed by atoms with E-state index in [9.17, 15) is 9.18 Å². The molecule has 1 unspecified atom stereocenters. The molecule has 5 nitrogen and oxygen atoms in total. The lowest BCUT2D eigenvalue weighted by atomic mass is 9.96. The minimum absolute atomic E-state index is 0.165. The maximum atomic E-state index is 13.0. The summed E-state index contributed by atoms with van der Waals surface area (Å²) < 4.78 is 18.3. The Kier molecular flexibility index (Phi) is 6.86. The molecule has 2 amide bonds. The Morgan fingerprint density at radius 2 is 1.65 bits per heavy atom. The summed E-state index contributed by atoms with van der Waals surface area (Å²) in [5.74, 6) is 0.269. The van der Waals surface area contributed by atoms with Gasteiger partial charge in [-0.1, -0.05) is 19.1 Å². The topological polar surface area (TPSA) is 36.0 Å². The highest BCUT2D eigenvalue weighted by Crippen LogP contribution is 2.21. The van der Waals surface area contributed by atoms with Crippen molar-refractivity contribution < 1.29 is 13.9 Å². The molecule has 2 saturated heterocycles. The fourth-order valence-corrected chi connectivity index (χ4v) is 3.70. The Morgan fingerprint density at radius 1 is 1.04 bits per heavy atom. The fraction of sp³-hybridized carbons (Fsp3) is 0.650. The van der Waals surface area contributed by atoms with E-state index in [4.69, 9.17) is 4.74 Å². The van der Waals surface area contributed by atoms with Gasteiger partial charge in [-0.25, -0.2) is 9.18 Å². The number of urea groups is 1. The Morgan fingerprint density at radius 3 is 2.31 bits per heavy atom. The Labute approximate surface area is 155 Å². The lowest BCUT2D eigenvalue weighted by molar-refractivity contribution is 0.0376. The molecular formula is C20H30FN3O2. The number of nitrogens with zero attached hydrogens (tertiary/aromatic N) is 3. The standard InChI is InChI=1S/C20H30FN3O2/c1-17(18-4-6-19(21)7-5-18)3-2-8-22-9-11-23(12-10-22)20(25)24-13-15-26-16-14-24/h4-7,17H,2-3,8-16H2,1H3. The van der Waals surface area contributed by atoms with Gasteiger partial charge >= 0.3 is 6.03 Å². The molecule has 0 radical (unpaired) electrons. The van der Waals surface area contributed by atoms with Gasteiger partial charge in [0.05, 0.1) is 13.2 Å². The van der Waals surface area contributed by atoms with Crippen LogP contribution in [0.1, 0.15) is 31.2 Å². The number of morpholine rings is 1. The number of hydrogen-bond acceptors (Lipinski definition) is 3. The summed E-state index contributed by atoms with van der Waals surface area (Å²) >= 11 is 0. The van der Waals surface area contributed by atoms with Crippen molar-refractivity contribution in [1.82, 2.24) is 14.7 Å². The molecule has 2 aliphatic heterocycles. The fourth-order valence-electron chi connectivity index (χ4n) is 3.70. The molecule has 6 heteroatoms. The molecule has 0 saturated carbocycles. The first-order valence-electron chi connectivity index (χ1n) is 9.73. The minimum Gasteiger partial charge on any atom is -0.378 e. The molecule has 1 atom stereocenters. The SMILES string of the molecule is CC(CCCN1CCN(C(=O)N2CCOCC2)CC1)c1ccc(F)cc1. The second kappa shape index (κ2) is 9.33. The molecular weight excluding hydrogens is 333 g/mol. The number of piperazine rings is 1. The van der Waals surface area contributed by atoms with Crippen molar-refractivity contribution in [1.29, 1.82) is 0 Å². The summed E-state index contributed by atoms with van der Waals surface area (Å²) in [5, 5.41) is 0. The quantitative estimate of drug-likeness (QED) is 0.807. The van der Waals surface area contributed by atoms with Crippen LogP contribution in [0, 0.1) is 5.82 Å². The molecule has 2 aliphatic rings. The van der Waals surface area contributed by atoms with E-state index < -0.39 is 0 Å². The van der Waals surface area contributed by atoms with Crippen molar-refractivity contribution in [2.24, 2.45) is 0 Å². The second-order valence-corrected chi connectivity index (χ2v) is 7.31. The number of amides is 2. The lowest BCUT2D eigenvalue weighted by Gasteiger charge is -2.38. The van der Waals surface area contributed by atoms with Crippen molar-refractivity contribution in [2.75, 3.05) is 59.0 Å². The number of ether oxygens (including phenoxy) is 1. The van der Waals surface area contributed by atoms with Gasteiger partial charge in [0.1, 0.15) is 5.82 Å². The summed E-state index contributed by atoms with van der Waals surface area (Å²) in [4.78, 5) is 18.8. The van der Waals surface area contributed by atoms with Crippen LogP contribution in [0.15, 0.2) is 24.3 Å². The molecule has 2 heterocycles. The maximum Gasteiger partial charge on any atom is 0.320 e. The minimum atomic E-state index is -0.176. The predicted octanol–water partition coefficient (Wildman–Crippen LogP) is 2.78. The number of carbonyl (C=O) groups excluding carboxylic acids is 1. The number of rotatable bonds is 5. The molecule has 0 aromatic heterocycles. The smallest absolute Gasteiger partial charge is 0.320 e. The molecule has 26 heavy (non-hydrogen) atoms. The predicted molar refractivity (Wildman–Crippen MR) is 99.9 cm³/mol. The first kappa shape index (κ1) is 19.1. The average molecular weight is 363 g/mol. The third-order valence-electron chi connectivity index (χ3n) is 5.47. The second-order valence-electron chi connectivity index (χ2n) is 7.31. The van der Waals surface area contributed by atoms with Crippen LogP contribution in [0.2, 0.25) is 0 Å². The zero-order valence-corrected chi connectivity index (χ0v) is 15.7. The molecule has 0 spiro atoms. The van der Waals surface area contributed by atoms with E-state index in [1.54, 1.807) is 0 Å².